The average molecular weight is 524 g/mol. The summed E-state index contributed by atoms with van der Waals surface area (Å²) in [6.07, 6.45) is 0.230. The summed E-state index contributed by atoms with van der Waals surface area (Å²) in [6.45, 7) is 0.0460. The van der Waals surface area contributed by atoms with Gasteiger partial charge in [-0.3, -0.25) is 9.59 Å². The van der Waals surface area contributed by atoms with Gasteiger partial charge in [0.2, 0.25) is 11.8 Å². The number of nitrogens with zero attached hydrogens (tertiary/aromatic N) is 1. The van der Waals surface area contributed by atoms with Gasteiger partial charge in [0, 0.05) is 45.7 Å². The molecule has 33 heavy (non-hydrogen) atoms. The van der Waals surface area contributed by atoms with Gasteiger partial charge in [-0.05, 0) is 35.4 Å². The molecule has 0 unspecified atom stereocenters. The predicted molar refractivity (Wildman–Crippen MR) is 135 cm³/mol. The van der Waals surface area contributed by atoms with Crippen molar-refractivity contribution in [2.45, 2.75) is 25.4 Å². The molecule has 0 saturated heterocycles. The third kappa shape index (κ3) is 6.42. The Labute approximate surface area is 213 Å². The van der Waals surface area contributed by atoms with Crippen molar-refractivity contribution in [3.8, 4) is 0 Å². The Morgan fingerprint density at radius 1 is 0.788 bits per heavy atom. The molecule has 2 amide bonds. The molecule has 3 aromatic rings. The van der Waals surface area contributed by atoms with Gasteiger partial charge >= 0.3 is 0 Å². The number of likely N-dealkylation sites (N-methyl/N-ethyl adjacent to an activating group) is 1. The zero-order valence-electron chi connectivity index (χ0n) is 17.8. The molecule has 8 heteroatoms. The van der Waals surface area contributed by atoms with Crippen molar-refractivity contribution in [2.75, 3.05) is 7.05 Å². The molecule has 0 aliphatic carbocycles. The van der Waals surface area contributed by atoms with Gasteiger partial charge in [0.15, 0.2) is 0 Å². The van der Waals surface area contributed by atoms with E-state index in [-0.39, 0.29) is 24.8 Å². The van der Waals surface area contributed by atoms with Crippen molar-refractivity contribution < 1.29 is 9.59 Å². The molecule has 3 aromatic carbocycles. The molecule has 1 atom stereocenters. The monoisotopic (exact) mass is 522 g/mol. The van der Waals surface area contributed by atoms with Crippen LogP contribution >= 0.6 is 46.4 Å². The molecule has 0 aliphatic heterocycles. The molecule has 172 valence electrons. The van der Waals surface area contributed by atoms with Crippen LogP contribution in [-0.2, 0) is 29.0 Å². The second-order valence-corrected chi connectivity index (χ2v) is 9.05. The van der Waals surface area contributed by atoms with Gasteiger partial charge in [-0.15, -0.1) is 0 Å². The summed E-state index contributed by atoms with van der Waals surface area (Å²) in [5.41, 5.74) is 1.96. The van der Waals surface area contributed by atoms with E-state index >= 15 is 0 Å². The Hall–Kier alpha value is -2.24. The van der Waals surface area contributed by atoms with Crippen LogP contribution in [0.25, 0.3) is 0 Å². The van der Waals surface area contributed by atoms with Gasteiger partial charge in [0.25, 0.3) is 0 Å². The van der Waals surface area contributed by atoms with Gasteiger partial charge in [-0.2, -0.15) is 0 Å². The first-order valence-electron chi connectivity index (χ1n) is 10.2. The van der Waals surface area contributed by atoms with E-state index in [0.29, 0.717) is 37.6 Å². The standard InChI is InChI=1S/C25H22Cl4N2O2/c1-30-25(33)23(13-16-7-3-2-4-8-16)31(15-18-21(28)11-6-12-22(18)29)24(32)14-17-19(26)9-5-10-20(17)27/h2-12,23H,13-15H2,1H3,(H,30,33)/t23-/m1/s1. The van der Waals surface area contributed by atoms with Gasteiger partial charge in [0.05, 0.1) is 6.42 Å². The second-order valence-electron chi connectivity index (χ2n) is 7.42. The summed E-state index contributed by atoms with van der Waals surface area (Å²) in [4.78, 5) is 28.1. The highest BCUT2D eigenvalue weighted by Crippen LogP contribution is 2.29. The number of nitrogens with one attached hydrogen (secondary N) is 1. The van der Waals surface area contributed by atoms with Crippen molar-refractivity contribution in [1.29, 1.82) is 0 Å². The summed E-state index contributed by atoms with van der Waals surface area (Å²) >= 11 is 25.4. The first-order chi connectivity index (χ1) is 15.8. The van der Waals surface area contributed by atoms with Crippen molar-refractivity contribution in [1.82, 2.24) is 10.2 Å². The van der Waals surface area contributed by atoms with Crippen LogP contribution in [-0.4, -0.2) is 29.8 Å². The summed E-state index contributed by atoms with van der Waals surface area (Å²) in [5, 5.41) is 4.25. The maximum Gasteiger partial charge on any atom is 0.242 e. The van der Waals surface area contributed by atoms with Crippen LogP contribution in [0.4, 0.5) is 0 Å². The predicted octanol–water partition coefficient (Wildman–Crippen LogP) is 6.23. The van der Waals surface area contributed by atoms with E-state index in [1.54, 1.807) is 36.4 Å². The van der Waals surface area contributed by atoms with Crippen LogP contribution in [0, 0.1) is 0 Å². The third-order valence-corrected chi connectivity index (χ3v) is 6.71. The van der Waals surface area contributed by atoms with E-state index < -0.39 is 6.04 Å². The van der Waals surface area contributed by atoms with E-state index in [0.717, 1.165) is 5.56 Å². The molecule has 0 heterocycles. The van der Waals surface area contributed by atoms with E-state index in [2.05, 4.69) is 5.32 Å². The first-order valence-corrected chi connectivity index (χ1v) is 11.7. The van der Waals surface area contributed by atoms with E-state index in [9.17, 15) is 9.59 Å². The number of amides is 2. The van der Waals surface area contributed by atoms with Crippen LogP contribution < -0.4 is 5.32 Å². The molecule has 0 aliphatic rings. The Bertz CT molecular complexity index is 1100. The van der Waals surface area contributed by atoms with Crippen molar-refractivity contribution in [3.05, 3.63) is 104 Å². The van der Waals surface area contributed by atoms with Gasteiger partial charge < -0.3 is 10.2 Å². The van der Waals surface area contributed by atoms with Crippen molar-refractivity contribution >= 4 is 58.2 Å². The topological polar surface area (TPSA) is 49.4 Å². The zero-order valence-corrected chi connectivity index (χ0v) is 20.8. The van der Waals surface area contributed by atoms with Crippen molar-refractivity contribution in [2.24, 2.45) is 0 Å². The lowest BCUT2D eigenvalue weighted by Crippen LogP contribution is -2.50. The molecule has 3 rings (SSSR count). The Morgan fingerprint density at radius 3 is 1.82 bits per heavy atom. The lowest BCUT2D eigenvalue weighted by molar-refractivity contribution is -0.140. The van der Waals surface area contributed by atoms with Crippen LogP contribution in [0.1, 0.15) is 16.7 Å². The van der Waals surface area contributed by atoms with E-state index in [1.165, 1.54) is 11.9 Å². The molecule has 4 nitrogen and oxygen atoms in total. The van der Waals surface area contributed by atoms with Gasteiger partial charge in [-0.25, -0.2) is 0 Å². The Balaban J connectivity index is 2.03. The number of carbonyl (C=O) groups excluding carboxylic acids is 2. The van der Waals surface area contributed by atoms with Crippen LogP contribution in [0.15, 0.2) is 66.7 Å². The maximum atomic E-state index is 13.6. The number of benzene rings is 3. The number of carbonyl (C=O) groups is 2. The van der Waals surface area contributed by atoms with Crippen LogP contribution in [0.3, 0.4) is 0 Å². The third-order valence-electron chi connectivity index (χ3n) is 5.30. The second kappa shape index (κ2) is 11.8. The summed E-state index contributed by atoms with van der Waals surface area (Å²) < 4.78 is 0. The molecule has 0 saturated carbocycles. The fourth-order valence-corrected chi connectivity index (χ4v) is 4.58. The largest absolute Gasteiger partial charge is 0.357 e. The highest BCUT2D eigenvalue weighted by atomic mass is 35.5. The smallest absolute Gasteiger partial charge is 0.242 e. The maximum absolute atomic E-state index is 13.6. The summed E-state index contributed by atoms with van der Waals surface area (Å²) in [7, 11) is 1.54. The van der Waals surface area contributed by atoms with Crippen LogP contribution in [0.2, 0.25) is 20.1 Å². The molecule has 0 radical (unpaired) electrons. The minimum absolute atomic E-state index is 0.0460. The van der Waals surface area contributed by atoms with E-state index in [1.807, 2.05) is 30.3 Å². The number of rotatable bonds is 8. The molecule has 1 N–H and O–H groups in total. The number of hydrogen-bond acceptors (Lipinski definition) is 2. The summed E-state index contributed by atoms with van der Waals surface area (Å²) in [5.74, 6) is -0.633. The fourth-order valence-electron chi connectivity index (χ4n) is 3.53. The lowest BCUT2D eigenvalue weighted by atomic mass is 10.0. The molecular weight excluding hydrogens is 502 g/mol. The van der Waals surface area contributed by atoms with Crippen molar-refractivity contribution in [3.63, 3.8) is 0 Å². The molecule has 0 fully saturated rings. The number of hydrogen-bond donors (Lipinski definition) is 1. The van der Waals surface area contributed by atoms with Gasteiger partial charge in [0.1, 0.15) is 6.04 Å². The Morgan fingerprint density at radius 2 is 1.30 bits per heavy atom. The summed E-state index contributed by atoms with van der Waals surface area (Å²) in [6, 6.07) is 18.9. The fraction of sp³-hybridized carbons (Fsp3) is 0.200. The SMILES string of the molecule is CNC(=O)[C@@H](Cc1ccccc1)N(Cc1c(Cl)cccc1Cl)C(=O)Cc1c(Cl)cccc1Cl. The molecule has 0 spiro atoms. The van der Waals surface area contributed by atoms with Crippen LogP contribution in [0.5, 0.6) is 0 Å². The highest BCUT2D eigenvalue weighted by molar-refractivity contribution is 6.36. The number of halogens is 4. The normalized spacial score (nSPS) is 11.7. The van der Waals surface area contributed by atoms with E-state index in [4.69, 9.17) is 46.4 Å². The molecular formula is C25H22Cl4N2O2. The average Bonchev–Trinajstić information content (AvgIpc) is 2.80. The molecule has 0 aromatic heterocycles. The molecule has 0 bridgehead atoms. The zero-order chi connectivity index (χ0) is 24.0. The first kappa shape index (κ1) is 25.4. The quantitative estimate of drug-likeness (QED) is 0.380. The van der Waals surface area contributed by atoms with Gasteiger partial charge in [-0.1, -0.05) is 88.9 Å². The Kier molecular flexibility index (Phi) is 9.04. The highest BCUT2D eigenvalue weighted by Gasteiger charge is 2.31. The minimum Gasteiger partial charge on any atom is -0.357 e. The lowest BCUT2D eigenvalue weighted by Gasteiger charge is -2.32. The minimum atomic E-state index is -0.807.